The van der Waals surface area contributed by atoms with Gasteiger partial charge in [0.1, 0.15) is 0 Å². The number of fused-ring (bicyclic) bond motifs is 8. The summed E-state index contributed by atoms with van der Waals surface area (Å²) in [4.78, 5) is 8.90. The van der Waals surface area contributed by atoms with E-state index in [0.717, 1.165) is 65.0 Å². The lowest BCUT2D eigenvalue weighted by Crippen LogP contribution is -2.20. The molecule has 0 saturated heterocycles. The molecule has 0 aromatic carbocycles. The largest absolute Gasteiger partial charge is 0.356 e. The highest BCUT2D eigenvalue weighted by atomic mass is 33.5. The number of hydrogen-bond donors (Lipinski definition) is 3. The Hall–Kier alpha value is -1.47. The number of aryl methyl sites for hydroxylation is 1. The summed E-state index contributed by atoms with van der Waals surface area (Å²) >= 11 is 27.6. The molecule has 0 fully saturated rings. The van der Waals surface area contributed by atoms with E-state index in [2.05, 4.69) is 76.5 Å². The van der Waals surface area contributed by atoms with Crippen LogP contribution in [0.1, 0.15) is 36.5 Å². The Morgan fingerprint density at radius 3 is 2.03 bits per heavy atom. The molecule has 0 radical (unpaired) electrons. The fraction of sp³-hybridized carbons (Fsp3) is 0.167. The first-order chi connectivity index (χ1) is 16.5. The quantitative estimate of drug-likeness (QED) is 0.188. The number of rotatable bonds is 2. The second-order valence-electron chi connectivity index (χ2n) is 8.58. The van der Waals surface area contributed by atoms with E-state index in [-0.39, 0.29) is 0 Å². The molecule has 0 unspecified atom stereocenters. The summed E-state index contributed by atoms with van der Waals surface area (Å²) in [6.07, 6.45) is -0.109. The van der Waals surface area contributed by atoms with Gasteiger partial charge >= 0.3 is 0 Å². The van der Waals surface area contributed by atoms with Crippen molar-refractivity contribution in [3.63, 3.8) is 0 Å². The molecule has 4 aromatic rings. The summed E-state index contributed by atoms with van der Waals surface area (Å²) in [5.41, 5.74) is 6.42. The fourth-order valence-electron chi connectivity index (χ4n) is 4.62. The van der Waals surface area contributed by atoms with Crippen LogP contribution < -0.4 is 21.4 Å². The van der Waals surface area contributed by atoms with Gasteiger partial charge in [-0.2, -0.15) is 0 Å². The van der Waals surface area contributed by atoms with Crippen LogP contribution in [0.3, 0.4) is 0 Å². The first kappa shape index (κ1) is 25.2. The van der Waals surface area contributed by atoms with Crippen LogP contribution >= 0.6 is 11.7 Å². The highest BCUT2D eigenvalue weighted by Gasteiger charge is 2.17. The topological polar surface area (TPSA) is 41.4 Å². The molecule has 1 aliphatic rings. The lowest BCUT2D eigenvalue weighted by molar-refractivity contribution is 0.890. The molecule has 1 aliphatic heterocycles. The maximum Gasteiger partial charge on any atom is 0.0725 e. The van der Waals surface area contributed by atoms with Crippen molar-refractivity contribution in [1.82, 2.24) is 19.1 Å². The molecule has 182 valence electrons. The lowest BCUT2D eigenvalue weighted by atomic mass is 10.1. The van der Waals surface area contributed by atoms with E-state index in [1.165, 1.54) is 0 Å². The van der Waals surface area contributed by atoms with E-state index >= 15 is 0 Å². The van der Waals surface area contributed by atoms with E-state index in [9.17, 15) is 0 Å². The van der Waals surface area contributed by atoms with Gasteiger partial charge in [0, 0.05) is 47.7 Å². The fourth-order valence-corrected chi connectivity index (χ4v) is 8.84. The van der Waals surface area contributed by atoms with Gasteiger partial charge in [-0.1, -0.05) is 16.6 Å². The zero-order chi connectivity index (χ0) is 25.2. The molecule has 8 bridgehead atoms. The van der Waals surface area contributed by atoms with Crippen molar-refractivity contribution in [2.75, 3.05) is 0 Å². The number of nitrogens with zero attached hydrogens (tertiary/aromatic N) is 2. The summed E-state index contributed by atoms with van der Waals surface area (Å²) in [6.45, 7) is 4.25. The van der Waals surface area contributed by atoms with Crippen molar-refractivity contribution in [3.05, 3.63) is 92.7 Å². The van der Waals surface area contributed by atoms with E-state index in [1.807, 2.05) is 19.2 Å². The Morgan fingerprint density at radius 1 is 0.800 bits per heavy atom. The van der Waals surface area contributed by atoms with E-state index in [0.29, 0.717) is 0 Å². The van der Waals surface area contributed by atoms with Crippen LogP contribution in [-0.4, -0.2) is 19.1 Å². The summed E-state index contributed by atoms with van der Waals surface area (Å²) in [5.74, 6) is 0. The van der Waals surface area contributed by atoms with E-state index in [1.54, 1.807) is 0 Å². The van der Waals surface area contributed by atoms with Crippen molar-refractivity contribution in [2.45, 2.75) is 13.8 Å². The first-order valence-electron chi connectivity index (χ1n) is 10.7. The van der Waals surface area contributed by atoms with Crippen LogP contribution in [0.2, 0.25) is 0 Å². The zero-order valence-electron chi connectivity index (χ0n) is 19.4. The van der Waals surface area contributed by atoms with Gasteiger partial charge < -0.3 is 27.1 Å². The Morgan fingerprint density at radius 2 is 1.37 bits per heavy atom. The van der Waals surface area contributed by atoms with Crippen LogP contribution in [-0.2, 0) is 73.0 Å². The van der Waals surface area contributed by atoms with E-state index in [4.69, 9.17) is 56.4 Å². The van der Waals surface area contributed by atoms with Gasteiger partial charge in [-0.05, 0) is 102 Å². The van der Waals surface area contributed by atoms with Gasteiger partial charge in [0.2, 0.25) is 0 Å². The summed E-state index contributed by atoms with van der Waals surface area (Å²) < 4.78 is 4.23. The van der Waals surface area contributed by atoms with Gasteiger partial charge in [-0.3, -0.25) is 22.4 Å². The second-order valence-corrected chi connectivity index (χ2v) is 20.2. The molecule has 35 heavy (non-hydrogen) atoms. The van der Waals surface area contributed by atoms with Crippen molar-refractivity contribution in [3.8, 4) is 0 Å². The molecule has 5 heterocycles. The number of aromatic nitrogens is 4. The molecule has 0 atom stereocenters. The Balaban J connectivity index is 2.05. The van der Waals surface area contributed by atoms with Crippen LogP contribution in [0.15, 0.2) is 48.7 Å². The maximum atomic E-state index is 5.78. The minimum Gasteiger partial charge on any atom is -0.356 e. The van der Waals surface area contributed by atoms with Gasteiger partial charge in [-0.15, -0.1) is 0 Å². The predicted octanol–water partition coefficient (Wildman–Crippen LogP) is 1.55. The number of aromatic amines is 2. The van der Waals surface area contributed by atoms with Crippen LogP contribution in [0, 0.1) is 0 Å². The van der Waals surface area contributed by atoms with Crippen LogP contribution in [0.4, 0.5) is 0 Å². The standard InChI is InChI=1S/C24H23N4S7/c1-13-15-11-22(27(3)12-15)24(35(31,32)33)19-8-7-18(26-19)23(34(29)30)21-10-9-20(28(21)4)14(2)17-6-5-16(13)25-17/h5-12,25-26H,1-4H3,(H,31,32,33)/q-1. The molecule has 0 aliphatic carbocycles. The molecule has 4 nitrogen and oxygen atoms in total. The number of H-pyrrole nitrogens is 2. The summed E-state index contributed by atoms with van der Waals surface area (Å²) in [6, 6.07) is 14.6. The maximum absolute atomic E-state index is 5.78. The Labute approximate surface area is 229 Å². The van der Waals surface area contributed by atoms with Gasteiger partial charge in [0.25, 0.3) is 0 Å². The van der Waals surface area contributed by atoms with Crippen molar-refractivity contribution in [1.29, 1.82) is 0 Å². The third-order valence-electron chi connectivity index (χ3n) is 6.50. The van der Waals surface area contributed by atoms with Crippen LogP contribution in [0.5, 0.6) is 0 Å². The molecule has 0 saturated carbocycles. The average molecular weight is 592 g/mol. The smallest absolute Gasteiger partial charge is 0.0725 e. The minimum atomic E-state index is -2.22. The molecular formula is C24H23N4S7-. The second kappa shape index (κ2) is 9.13. The third kappa shape index (κ3) is 4.35. The lowest BCUT2D eigenvalue weighted by Gasteiger charge is -2.15. The minimum absolute atomic E-state index is 0.832. The van der Waals surface area contributed by atoms with Gasteiger partial charge in [0.15, 0.2) is 0 Å². The SMILES string of the molecule is CC1=c2ccc([nH]2)=C(C)c2ccc(n2C)C([S-](=S)=S)=c2ccc([nH]2)=C(S(=S)(=S)S)c2cc1cn2C. The van der Waals surface area contributed by atoms with Gasteiger partial charge in [-0.25, -0.2) is 0 Å². The molecule has 0 spiro atoms. The normalized spacial score (nSPS) is 14.3. The monoisotopic (exact) mass is 591 g/mol. The molecular weight excluding hydrogens is 569 g/mol. The third-order valence-corrected chi connectivity index (χ3v) is 10.8. The zero-order valence-corrected chi connectivity index (χ0v) is 25.2. The van der Waals surface area contributed by atoms with Crippen LogP contribution in [0.25, 0.3) is 21.0 Å². The number of hydrogen-bond acceptors (Lipinski definition) is 5. The first-order valence-corrected chi connectivity index (χ1v) is 18.3. The summed E-state index contributed by atoms with van der Waals surface area (Å²) in [5, 5.41) is 3.86. The van der Waals surface area contributed by atoms with Crippen molar-refractivity contribution < 1.29 is 0 Å². The molecule has 0 amide bonds. The average Bonchev–Trinajstić information content (AvgIpc) is 3.55. The molecule has 2 N–H and O–H groups in total. The molecule has 11 heteroatoms. The van der Waals surface area contributed by atoms with E-state index < -0.39 is 14.2 Å². The molecule has 4 aromatic heterocycles. The number of nitrogens with one attached hydrogen (secondary N) is 2. The Kier molecular flexibility index (Phi) is 6.57. The summed E-state index contributed by atoms with van der Waals surface area (Å²) in [7, 11) is 3.23. The van der Waals surface area contributed by atoms with Gasteiger partial charge in [0.05, 0.1) is 15.9 Å². The van der Waals surface area contributed by atoms with Crippen molar-refractivity contribution in [2.24, 2.45) is 14.1 Å². The molecule has 5 rings (SSSR count). The predicted molar refractivity (Wildman–Crippen MR) is 165 cm³/mol. The van der Waals surface area contributed by atoms with Crippen molar-refractivity contribution >= 4 is 91.6 Å². The number of thiol groups is 1. The highest BCUT2D eigenvalue weighted by Crippen LogP contribution is 2.26. The highest BCUT2D eigenvalue weighted by molar-refractivity contribution is 8.96. The Bertz CT molecular complexity index is 1950.